The minimum absolute atomic E-state index is 0.0724. The van der Waals surface area contributed by atoms with Crippen molar-refractivity contribution in [3.63, 3.8) is 0 Å². The van der Waals surface area contributed by atoms with Crippen molar-refractivity contribution in [2.75, 3.05) is 18.4 Å². The number of anilines is 1. The smallest absolute Gasteiger partial charge is 0.319 e. The van der Waals surface area contributed by atoms with Crippen molar-refractivity contribution in [2.45, 2.75) is 25.3 Å². The van der Waals surface area contributed by atoms with E-state index in [1.165, 1.54) is 5.56 Å². The second kappa shape index (κ2) is 10.1. The number of hydrogen-bond donors (Lipinski definition) is 2. The van der Waals surface area contributed by atoms with Gasteiger partial charge in [0.15, 0.2) is 0 Å². The number of piperidine rings is 1. The molecule has 2 N–H and O–H groups in total. The Morgan fingerprint density at radius 1 is 1.00 bits per heavy atom. The molecule has 8 nitrogen and oxygen atoms in total. The van der Waals surface area contributed by atoms with Gasteiger partial charge in [0.2, 0.25) is 0 Å². The minimum Gasteiger partial charge on any atom is -0.339 e. The Bertz CT molecular complexity index is 1350. The number of fused-ring (bicyclic) bond motifs is 1. The van der Waals surface area contributed by atoms with Crippen LogP contribution in [0.2, 0.25) is 5.15 Å². The summed E-state index contributed by atoms with van der Waals surface area (Å²) in [5.74, 6) is 0.292. The third-order valence-corrected chi connectivity index (χ3v) is 6.63. The van der Waals surface area contributed by atoms with E-state index in [0.29, 0.717) is 31.1 Å². The molecule has 0 atom stereocenters. The molecule has 178 valence electrons. The maximum Gasteiger partial charge on any atom is 0.319 e. The van der Waals surface area contributed by atoms with E-state index in [0.717, 1.165) is 29.7 Å². The molecule has 0 bridgehead atoms. The third kappa shape index (κ3) is 5.27. The predicted molar refractivity (Wildman–Crippen MR) is 135 cm³/mol. The van der Waals surface area contributed by atoms with Crippen LogP contribution in [0, 0.1) is 0 Å². The fourth-order valence-corrected chi connectivity index (χ4v) is 4.59. The number of amides is 3. The molecule has 0 aliphatic carbocycles. The number of benzene rings is 1. The molecule has 4 aromatic rings. The first-order valence-corrected chi connectivity index (χ1v) is 11.9. The summed E-state index contributed by atoms with van der Waals surface area (Å²) in [5.41, 5.74) is 4.20. The van der Waals surface area contributed by atoms with E-state index in [9.17, 15) is 9.59 Å². The number of nitrogens with zero attached hydrogens (tertiary/aromatic N) is 4. The Labute approximate surface area is 208 Å². The van der Waals surface area contributed by atoms with Gasteiger partial charge in [-0.3, -0.25) is 4.79 Å². The molecule has 0 saturated carbocycles. The number of imidazole rings is 1. The molecule has 9 heteroatoms. The highest BCUT2D eigenvalue weighted by Gasteiger charge is 2.25. The van der Waals surface area contributed by atoms with Gasteiger partial charge in [0.25, 0.3) is 5.91 Å². The van der Waals surface area contributed by atoms with E-state index in [-0.39, 0.29) is 17.1 Å². The molecule has 0 radical (unpaired) electrons. The van der Waals surface area contributed by atoms with E-state index >= 15 is 0 Å². The van der Waals surface area contributed by atoms with E-state index in [1.54, 1.807) is 24.5 Å². The van der Waals surface area contributed by atoms with E-state index < -0.39 is 0 Å². The average molecular weight is 489 g/mol. The van der Waals surface area contributed by atoms with Gasteiger partial charge in [-0.15, -0.1) is 0 Å². The first-order valence-electron chi connectivity index (χ1n) is 11.5. The van der Waals surface area contributed by atoms with Gasteiger partial charge >= 0.3 is 6.03 Å². The van der Waals surface area contributed by atoms with Crippen LogP contribution in [0.25, 0.3) is 5.65 Å². The van der Waals surface area contributed by atoms with Crippen molar-refractivity contribution < 1.29 is 9.59 Å². The van der Waals surface area contributed by atoms with Crippen molar-refractivity contribution >= 4 is 34.9 Å². The summed E-state index contributed by atoms with van der Waals surface area (Å²) in [5, 5.41) is 6.00. The Morgan fingerprint density at radius 2 is 1.80 bits per heavy atom. The highest BCUT2D eigenvalue weighted by molar-refractivity contribution is 6.32. The monoisotopic (exact) mass is 488 g/mol. The SMILES string of the molecule is O=C(NCc1ccn2ccnc2c1)Nc1ccc(C2CCN(C(=O)c3cccnc3Cl)CC2)cc1. The Balaban J connectivity index is 1.11. The molecule has 0 spiro atoms. The van der Waals surface area contributed by atoms with Gasteiger partial charge in [0, 0.05) is 50.1 Å². The summed E-state index contributed by atoms with van der Waals surface area (Å²) in [6.07, 6.45) is 8.86. The molecule has 0 unspecified atom stereocenters. The highest BCUT2D eigenvalue weighted by atomic mass is 35.5. The molecule has 35 heavy (non-hydrogen) atoms. The van der Waals surface area contributed by atoms with Crippen LogP contribution < -0.4 is 10.6 Å². The first kappa shape index (κ1) is 22.9. The molecule has 1 aliphatic rings. The van der Waals surface area contributed by atoms with Crippen molar-refractivity contribution in [3.8, 4) is 0 Å². The van der Waals surface area contributed by atoms with Gasteiger partial charge in [-0.05, 0) is 66.3 Å². The topological polar surface area (TPSA) is 91.6 Å². The number of rotatable bonds is 5. The summed E-state index contributed by atoms with van der Waals surface area (Å²) in [7, 11) is 0. The molecule has 3 amide bonds. The van der Waals surface area contributed by atoms with Gasteiger partial charge in [0.05, 0.1) is 5.56 Å². The van der Waals surface area contributed by atoms with Crippen LogP contribution in [0.15, 0.2) is 73.3 Å². The molecular formula is C26H25ClN6O2. The number of carbonyl (C=O) groups is 2. The van der Waals surface area contributed by atoms with Gasteiger partial charge in [-0.2, -0.15) is 0 Å². The summed E-state index contributed by atoms with van der Waals surface area (Å²) in [4.78, 5) is 35.2. The largest absolute Gasteiger partial charge is 0.339 e. The van der Waals surface area contributed by atoms with Crippen LogP contribution in [0.4, 0.5) is 10.5 Å². The number of halogens is 1. The van der Waals surface area contributed by atoms with Crippen LogP contribution in [0.1, 0.15) is 40.2 Å². The third-order valence-electron chi connectivity index (χ3n) is 6.33. The Morgan fingerprint density at radius 3 is 2.57 bits per heavy atom. The van der Waals surface area contributed by atoms with Gasteiger partial charge in [-0.1, -0.05) is 23.7 Å². The number of carbonyl (C=O) groups excluding carboxylic acids is 2. The zero-order valence-corrected chi connectivity index (χ0v) is 19.8. The average Bonchev–Trinajstić information content (AvgIpc) is 3.36. The maximum absolute atomic E-state index is 12.8. The Hall–Kier alpha value is -3.91. The lowest BCUT2D eigenvalue weighted by molar-refractivity contribution is 0.0712. The first-order chi connectivity index (χ1) is 17.1. The number of aromatic nitrogens is 3. The lowest BCUT2D eigenvalue weighted by Crippen LogP contribution is -2.38. The fraction of sp³-hybridized carbons (Fsp3) is 0.231. The lowest BCUT2D eigenvalue weighted by Gasteiger charge is -2.32. The standard InChI is InChI=1S/C26H25ClN6O2/c27-24-22(2-1-10-29-24)25(34)33-13-8-20(9-14-33)19-3-5-21(6-4-19)31-26(35)30-17-18-7-12-32-15-11-28-23(32)16-18/h1-7,10-12,15-16,20H,8-9,13-14,17H2,(H2,30,31,35). The van der Waals surface area contributed by atoms with Gasteiger partial charge < -0.3 is 19.9 Å². The van der Waals surface area contributed by atoms with E-state index in [1.807, 2.05) is 58.1 Å². The zero-order chi connectivity index (χ0) is 24.2. The molecular weight excluding hydrogens is 464 g/mol. The van der Waals surface area contributed by atoms with Crippen LogP contribution >= 0.6 is 11.6 Å². The summed E-state index contributed by atoms with van der Waals surface area (Å²) in [6.45, 7) is 1.75. The second-order valence-corrected chi connectivity index (χ2v) is 8.92. The summed E-state index contributed by atoms with van der Waals surface area (Å²) in [6, 6.07) is 15.0. The molecule has 1 aromatic carbocycles. The normalized spacial score (nSPS) is 14.1. The van der Waals surface area contributed by atoms with Crippen molar-refractivity contribution in [1.29, 1.82) is 0 Å². The quantitative estimate of drug-likeness (QED) is 0.397. The number of hydrogen-bond acceptors (Lipinski definition) is 4. The van der Waals surface area contributed by atoms with Crippen LogP contribution in [0.3, 0.4) is 0 Å². The van der Waals surface area contributed by atoms with Gasteiger partial charge in [0.1, 0.15) is 10.8 Å². The van der Waals surface area contributed by atoms with Crippen LogP contribution in [-0.2, 0) is 6.54 Å². The van der Waals surface area contributed by atoms with Crippen LogP contribution in [-0.4, -0.2) is 44.3 Å². The minimum atomic E-state index is -0.262. The van der Waals surface area contributed by atoms with Crippen molar-refractivity contribution in [1.82, 2.24) is 24.6 Å². The van der Waals surface area contributed by atoms with Crippen molar-refractivity contribution in [2.24, 2.45) is 0 Å². The van der Waals surface area contributed by atoms with E-state index in [2.05, 4.69) is 20.6 Å². The summed E-state index contributed by atoms with van der Waals surface area (Å²) < 4.78 is 1.92. The number of likely N-dealkylation sites (tertiary alicyclic amines) is 1. The molecule has 1 aliphatic heterocycles. The van der Waals surface area contributed by atoms with E-state index in [4.69, 9.17) is 11.6 Å². The molecule has 1 saturated heterocycles. The predicted octanol–water partition coefficient (Wildman–Crippen LogP) is 4.72. The fourth-order valence-electron chi connectivity index (χ4n) is 4.39. The van der Waals surface area contributed by atoms with Crippen molar-refractivity contribution in [3.05, 3.63) is 95.2 Å². The summed E-state index contributed by atoms with van der Waals surface area (Å²) >= 11 is 6.08. The molecule has 1 fully saturated rings. The maximum atomic E-state index is 12.8. The highest BCUT2D eigenvalue weighted by Crippen LogP contribution is 2.30. The van der Waals surface area contributed by atoms with Crippen LogP contribution in [0.5, 0.6) is 0 Å². The zero-order valence-electron chi connectivity index (χ0n) is 19.0. The lowest BCUT2D eigenvalue weighted by atomic mass is 9.89. The van der Waals surface area contributed by atoms with Gasteiger partial charge in [-0.25, -0.2) is 14.8 Å². The molecule has 4 heterocycles. The number of urea groups is 1. The molecule has 5 rings (SSSR count). The number of pyridine rings is 2. The molecule has 3 aromatic heterocycles. The number of nitrogens with one attached hydrogen (secondary N) is 2. The Kier molecular flexibility index (Phi) is 6.63. The second-order valence-electron chi connectivity index (χ2n) is 8.57.